The largest absolute Gasteiger partial charge is 0.504 e. The van der Waals surface area contributed by atoms with Crippen LogP contribution in [0.5, 0.6) is 0 Å². The molecule has 1 N–H and O–H groups in total. The van der Waals surface area contributed by atoms with Crippen LogP contribution in [0.1, 0.15) is 33.6 Å². The minimum Gasteiger partial charge on any atom is -0.504 e. The van der Waals surface area contributed by atoms with Gasteiger partial charge < -0.3 is 5.11 Å². The van der Waals surface area contributed by atoms with Crippen LogP contribution < -0.4 is 0 Å². The average Bonchev–Trinajstić information content (AvgIpc) is 2.03. The molecule has 0 aromatic rings. The number of rotatable bonds is 4. The number of aliphatic hydroxyl groups is 1. The molecule has 0 aliphatic carbocycles. The van der Waals surface area contributed by atoms with Gasteiger partial charge in [-0.1, -0.05) is 26.0 Å². The normalized spacial score (nSPS) is 12.2. The van der Waals surface area contributed by atoms with E-state index < -0.39 is 0 Å². The van der Waals surface area contributed by atoms with Crippen LogP contribution in [0.4, 0.5) is 0 Å². The number of carbonyl (C=O) groups excluding carboxylic acids is 1. The van der Waals surface area contributed by atoms with Crippen LogP contribution in [0.15, 0.2) is 23.5 Å². The van der Waals surface area contributed by atoms with Crippen molar-refractivity contribution in [3.63, 3.8) is 0 Å². The zero-order valence-corrected chi connectivity index (χ0v) is 7.98. The summed E-state index contributed by atoms with van der Waals surface area (Å²) in [5.74, 6) is -0.331. The van der Waals surface area contributed by atoms with Gasteiger partial charge >= 0.3 is 0 Å². The summed E-state index contributed by atoms with van der Waals surface area (Å²) < 4.78 is 0. The van der Waals surface area contributed by atoms with Crippen LogP contribution in [-0.4, -0.2) is 10.9 Å². The van der Waals surface area contributed by atoms with Crippen LogP contribution in [-0.2, 0) is 4.79 Å². The van der Waals surface area contributed by atoms with Gasteiger partial charge in [-0.2, -0.15) is 0 Å². The lowest BCUT2D eigenvalue weighted by Crippen LogP contribution is -2.04. The second-order valence-corrected chi connectivity index (χ2v) is 2.74. The maximum absolute atomic E-state index is 11.1. The first-order valence-corrected chi connectivity index (χ1v) is 4.15. The van der Waals surface area contributed by atoms with Crippen molar-refractivity contribution in [3.05, 3.63) is 23.5 Å². The molecule has 2 heteroatoms. The molecule has 0 heterocycles. The number of hydrogen-bond donors (Lipinski definition) is 1. The van der Waals surface area contributed by atoms with Crippen molar-refractivity contribution in [3.8, 4) is 0 Å². The second-order valence-electron chi connectivity index (χ2n) is 2.74. The Labute approximate surface area is 73.6 Å². The summed E-state index contributed by atoms with van der Waals surface area (Å²) in [4.78, 5) is 11.1. The molecule has 0 unspecified atom stereocenters. The Kier molecular flexibility index (Phi) is 4.34. The molecule has 0 bridgehead atoms. The summed E-state index contributed by atoms with van der Waals surface area (Å²) in [6.45, 7) is 9.10. The molecule has 0 spiro atoms. The highest BCUT2D eigenvalue weighted by Gasteiger charge is 2.10. The minimum atomic E-state index is -0.213. The van der Waals surface area contributed by atoms with E-state index in [4.69, 9.17) is 0 Å². The molecule has 0 aliphatic rings. The predicted octanol–water partition coefficient (Wildman–Crippen LogP) is 2.76. The van der Waals surface area contributed by atoms with Gasteiger partial charge in [0.25, 0.3) is 0 Å². The predicted molar refractivity (Wildman–Crippen MR) is 50.1 cm³/mol. The molecular formula is C10H16O2. The van der Waals surface area contributed by atoms with E-state index in [1.807, 2.05) is 6.92 Å². The fourth-order valence-corrected chi connectivity index (χ4v) is 1.01. The molecule has 0 aromatic heterocycles. The molecule has 0 rings (SSSR count). The van der Waals surface area contributed by atoms with Crippen molar-refractivity contribution < 1.29 is 9.90 Å². The minimum absolute atomic E-state index is 0.118. The van der Waals surface area contributed by atoms with Crippen molar-refractivity contribution >= 4 is 5.78 Å². The molecule has 0 saturated carbocycles. The van der Waals surface area contributed by atoms with E-state index in [9.17, 15) is 9.90 Å². The average molecular weight is 168 g/mol. The highest BCUT2D eigenvalue weighted by molar-refractivity contribution is 5.94. The quantitative estimate of drug-likeness (QED) is 0.398. The smallest absolute Gasteiger partial charge is 0.197 e. The molecule has 0 fully saturated rings. The van der Waals surface area contributed by atoms with Gasteiger partial charge in [0.15, 0.2) is 11.5 Å². The Morgan fingerprint density at radius 1 is 1.33 bits per heavy atom. The van der Waals surface area contributed by atoms with Crippen LogP contribution >= 0.6 is 0 Å². The Bertz CT molecular complexity index is 224. The molecule has 2 nitrogen and oxygen atoms in total. The van der Waals surface area contributed by atoms with E-state index in [1.165, 1.54) is 0 Å². The molecule has 12 heavy (non-hydrogen) atoms. The monoisotopic (exact) mass is 168 g/mol. The van der Waals surface area contributed by atoms with E-state index in [1.54, 1.807) is 13.8 Å². The van der Waals surface area contributed by atoms with E-state index >= 15 is 0 Å². The molecular weight excluding hydrogens is 152 g/mol. The lowest BCUT2D eigenvalue weighted by atomic mass is 10.0. The maximum atomic E-state index is 11.1. The van der Waals surface area contributed by atoms with Gasteiger partial charge in [0.05, 0.1) is 0 Å². The first-order valence-electron chi connectivity index (χ1n) is 4.15. The Morgan fingerprint density at radius 3 is 2.08 bits per heavy atom. The van der Waals surface area contributed by atoms with Crippen LogP contribution in [0.3, 0.4) is 0 Å². The first-order chi connectivity index (χ1) is 5.54. The number of carbonyl (C=O) groups is 1. The van der Waals surface area contributed by atoms with Crippen molar-refractivity contribution in [2.75, 3.05) is 0 Å². The molecule has 0 aliphatic heterocycles. The Balaban J connectivity index is 4.84. The lowest BCUT2D eigenvalue weighted by Gasteiger charge is -2.06. The summed E-state index contributed by atoms with van der Waals surface area (Å²) in [5.41, 5.74) is 1.43. The van der Waals surface area contributed by atoms with Crippen molar-refractivity contribution in [2.45, 2.75) is 33.6 Å². The third-order valence-corrected chi connectivity index (χ3v) is 1.74. The summed E-state index contributed by atoms with van der Waals surface area (Å²) >= 11 is 0. The number of allylic oxidation sites excluding steroid dienone is 3. The SMILES string of the molecule is C=C(C)/C(CC)=C(\O)C(=O)CC. The summed E-state index contributed by atoms with van der Waals surface area (Å²) in [6, 6.07) is 0. The van der Waals surface area contributed by atoms with E-state index in [2.05, 4.69) is 6.58 Å². The van der Waals surface area contributed by atoms with Crippen molar-refractivity contribution in [2.24, 2.45) is 0 Å². The van der Waals surface area contributed by atoms with Crippen molar-refractivity contribution in [1.82, 2.24) is 0 Å². The zero-order chi connectivity index (χ0) is 9.72. The number of hydrogen-bond acceptors (Lipinski definition) is 2. The Morgan fingerprint density at radius 2 is 1.83 bits per heavy atom. The van der Waals surface area contributed by atoms with Crippen LogP contribution in [0, 0.1) is 0 Å². The van der Waals surface area contributed by atoms with Gasteiger partial charge in [-0.05, 0) is 18.9 Å². The maximum Gasteiger partial charge on any atom is 0.197 e. The number of Topliss-reactive ketones (excluding diaryl/α,β-unsaturated/α-hetero) is 1. The molecule has 0 saturated heterocycles. The number of ketones is 1. The van der Waals surface area contributed by atoms with E-state index in [-0.39, 0.29) is 11.5 Å². The van der Waals surface area contributed by atoms with Crippen LogP contribution in [0.25, 0.3) is 0 Å². The van der Waals surface area contributed by atoms with Gasteiger partial charge in [0.2, 0.25) is 0 Å². The topological polar surface area (TPSA) is 37.3 Å². The van der Waals surface area contributed by atoms with Gasteiger partial charge in [-0.15, -0.1) is 0 Å². The highest BCUT2D eigenvalue weighted by atomic mass is 16.3. The fourth-order valence-electron chi connectivity index (χ4n) is 1.01. The summed E-state index contributed by atoms with van der Waals surface area (Å²) in [7, 11) is 0. The molecule has 0 radical (unpaired) electrons. The standard InChI is InChI=1S/C10H16O2/c1-5-8(7(3)4)10(12)9(11)6-2/h12H,3,5-6H2,1-2,4H3/b10-8-. The Hall–Kier alpha value is -1.05. The third kappa shape index (κ3) is 2.53. The summed E-state index contributed by atoms with van der Waals surface area (Å²) in [6.07, 6.45) is 0.982. The van der Waals surface area contributed by atoms with Gasteiger partial charge in [-0.25, -0.2) is 0 Å². The molecule has 0 amide bonds. The number of aliphatic hydroxyl groups excluding tert-OH is 1. The fraction of sp³-hybridized carbons (Fsp3) is 0.500. The van der Waals surface area contributed by atoms with Crippen molar-refractivity contribution in [1.29, 1.82) is 0 Å². The second kappa shape index (κ2) is 4.75. The first kappa shape index (κ1) is 11.0. The lowest BCUT2D eigenvalue weighted by molar-refractivity contribution is -0.117. The van der Waals surface area contributed by atoms with Gasteiger partial charge in [0.1, 0.15) is 0 Å². The van der Waals surface area contributed by atoms with E-state index in [0.717, 1.165) is 5.57 Å². The van der Waals surface area contributed by atoms with Crippen LogP contribution in [0.2, 0.25) is 0 Å². The third-order valence-electron chi connectivity index (χ3n) is 1.74. The molecule has 0 atom stereocenters. The molecule has 0 aromatic carbocycles. The van der Waals surface area contributed by atoms with Gasteiger partial charge in [-0.3, -0.25) is 4.79 Å². The van der Waals surface area contributed by atoms with Gasteiger partial charge in [0, 0.05) is 6.42 Å². The summed E-state index contributed by atoms with van der Waals surface area (Å²) in [5, 5.41) is 9.42. The molecule has 68 valence electrons. The highest BCUT2D eigenvalue weighted by Crippen LogP contribution is 2.16. The zero-order valence-electron chi connectivity index (χ0n) is 7.98. The van der Waals surface area contributed by atoms with E-state index in [0.29, 0.717) is 18.4 Å².